The Morgan fingerprint density at radius 3 is 2.56 bits per heavy atom. The van der Waals surface area contributed by atoms with E-state index in [0.29, 0.717) is 0 Å². The fraction of sp³-hybridized carbons (Fsp3) is 0.0435. The summed E-state index contributed by atoms with van der Waals surface area (Å²) in [5.74, 6) is 0.841. The van der Waals surface area contributed by atoms with Gasteiger partial charge in [0.2, 0.25) is 0 Å². The maximum Gasteiger partial charge on any atom is 0.143 e. The van der Waals surface area contributed by atoms with Gasteiger partial charge in [0.25, 0.3) is 0 Å². The summed E-state index contributed by atoms with van der Waals surface area (Å²) in [4.78, 5) is 10.0. The zero-order valence-corrected chi connectivity index (χ0v) is 15.6. The standard InChI is InChI=1S/C23H17N3S/c1-15-9-11-17(12-10-15)19-13-27-23-21(19)22(24-14-25-23)26-20-8-4-6-16-5-2-3-7-18(16)20/h2-14H,1H3,(H,24,25,26). The van der Waals surface area contributed by atoms with Crippen LogP contribution < -0.4 is 5.32 Å². The van der Waals surface area contributed by atoms with Gasteiger partial charge in [0.05, 0.1) is 5.39 Å². The van der Waals surface area contributed by atoms with Crippen LogP contribution in [0.25, 0.3) is 32.1 Å². The Balaban J connectivity index is 1.67. The summed E-state index contributed by atoms with van der Waals surface area (Å²) in [6.45, 7) is 2.10. The number of hydrogen-bond donors (Lipinski definition) is 1. The third-order valence-electron chi connectivity index (χ3n) is 4.78. The molecule has 0 spiro atoms. The van der Waals surface area contributed by atoms with E-state index in [1.165, 1.54) is 27.5 Å². The summed E-state index contributed by atoms with van der Waals surface area (Å²) >= 11 is 1.65. The van der Waals surface area contributed by atoms with E-state index >= 15 is 0 Å². The van der Waals surface area contributed by atoms with Crippen molar-refractivity contribution in [2.24, 2.45) is 0 Å². The number of aryl methyl sites for hydroxylation is 1. The quantitative estimate of drug-likeness (QED) is 0.392. The second kappa shape index (κ2) is 6.49. The number of nitrogens with one attached hydrogen (secondary N) is 1. The minimum absolute atomic E-state index is 0.841. The van der Waals surface area contributed by atoms with Crippen molar-refractivity contribution in [2.75, 3.05) is 5.32 Å². The summed E-state index contributed by atoms with van der Waals surface area (Å²) < 4.78 is 0. The van der Waals surface area contributed by atoms with E-state index in [-0.39, 0.29) is 0 Å². The van der Waals surface area contributed by atoms with Crippen molar-refractivity contribution in [3.8, 4) is 11.1 Å². The summed E-state index contributed by atoms with van der Waals surface area (Å²) in [7, 11) is 0. The maximum atomic E-state index is 4.57. The van der Waals surface area contributed by atoms with Crippen molar-refractivity contribution in [2.45, 2.75) is 6.92 Å². The first-order chi connectivity index (χ1) is 13.3. The molecule has 130 valence electrons. The van der Waals surface area contributed by atoms with Gasteiger partial charge in [0.15, 0.2) is 0 Å². The monoisotopic (exact) mass is 367 g/mol. The normalized spacial score (nSPS) is 11.1. The van der Waals surface area contributed by atoms with Crippen LogP contribution in [0.4, 0.5) is 11.5 Å². The largest absolute Gasteiger partial charge is 0.339 e. The van der Waals surface area contributed by atoms with E-state index in [0.717, 1.165) is 21.7 Å². The minimum Gasteiger partial charge on any atom is -0.339 e. The van der Waals surface area contributed by atoms with Crippen LogP contribution in [0.3, 0.4) is 0 Å². The highest BCUT2D eigenvalue weighted by atomic mass is 32.1. The molecule has 0 amide bonds. The molecule has 5 rings (SSSR count). The third kappa shape index (κ3) is 2.84. The molecule has 3 nitrogen and oxygen atoms in total. The first kappa shape index (κ1) is 16.0. The van der Waals surface area contributed by atoms with E-state index in [4.69, 9.17) is 0 Å². The van der Waals surface area contributed by atoms with E-state index in [1.807, 2.05) is 0 Å². The van der Waals surface area contributed by atoms with E-state index in [1.54, 1.807) is 17.7 Å². The second-order valence-electron chi connectivity index (χ2n) is 6.57. The Morgan fingerprint density at radius 1 is 0.852 bits per heavy atom. The smallest absolute Gasteiger partial charge is 0.143 e. The SMILES string of the molecule is Cc1ccc(-c2csc3ncnc(Nc4cccc5ccccc45)c23)cc1. The first-order valence-corrected chi connectivity index (χ1v) is 9.71. The van der Waals surface area contributed by atoms with Crippen LogP contribution >= 0.6 is 11.3 Å². The fourth-order valence-electron chi connectivity index (χ4n) is 3.38. The van der Waals surface area contributed by atoms with Gasteiger partial charge in [-0.05, 0) is 23.9 Å². The van der Waals surface area contributed by atoms with Gasteiger partial charge in [-0.2, -0.15) is 0 Å². The Morgan fingerprint density at radius 2 is 1.67 bits per heavy atom. The van der Waals surface area contributed by atoms with E-state index < -0.39 is 0 Å². The highest BCUT2D eigenvalue weighted by Gasteiger charge is 2.14. The van der Waals surface area contributed by atoms with Crippen molar-refractivity contribution in [3.63, 3.8) is 0 Å². The van der Waals surface area contributed by atoms with Crippen LogP contribution in [0, 0.1) is 6.92 Å². The van der Waals surface area contributed by atoms with Gasteiger partial charge in [-0.1, -0.05) is 66.2 Å². The van der Waals surface area contributed by atoms with E-state index in [2.05, 4.69) is 94.3 Å². The lowest BCUT2D eigenvalue weighted by Gasteiger charge is -2.11. The van der Waals surface area contributed by atoms with Gasteiger partial charge in [0, 0.05) is 22.0 Å². The van der Waals surface area contributed by atoms with Crippen LogP contribution in [0.15, 0.2) is 78.4 Å². The Labute approximate surface area is 161 Å². The molecule has 0 unspecified atom stereocenters. The van der Waals surface area contributed by atoms with Crippen molar-refractivity contribution in [1.82, 2.24) is 9.97 Å². The zero-order chi connectivity index (χ0) is 18.2. The number of hydrogen-bond acceptors (Lipinski definition) is 4. The zero-order valence-electron chi connectivity index (χ0n) is 14.8. The van der Waals surface area contributed by atoms with Gasteiger partial charge in [0.1, 0.15) is 17.0 Å². The predicted octanol–water partition coefficient (Wildman–Crippen LogP) is 6.56. The highest BCUT2D eigenvalue weighted by molar-refractivity contribution is 7.17. The average Bonchev–Trinajstić information content (AvgIpc) is 3.14. The maximum absolute atomic E-state index is 4.57. The van der Waals surface area contributed by atoms with Gasteiger partial charge in [-0.3, -0.25) is 0 Å². The molecule has 5 aromatic rings. The molecule has 0 aliphatic heterocycles. The Bertz CT molecular complexity index is 1250. The molecular formula is C23H17N3S. The van der Waals surface area contributed by atoms with Gasteiger partial charge < -0.3 is 5.32 Å². The molecule has 3 aromatic carbocycles. The van der Waals surface area contributed by atoms with Crippen molar-refractivity contribution in [3.05, 3.63) is 84.0 Å². The third-order valence-corrected chi connectivity index (χ3v) is 5.66. The number of anilines is 2. The van der Waals surface area contributed by atoms with Gasteiger partial charge in [-0.25, -0.2) is 9.97 Å². The number of benzene rings is 3. The molecule has 27 heavy (non-hydrogen) atoms. The van der Waals surface area contributed by atoms with Crippen molar-refractivity contribution in [1.29, 1.82) is 0 Å². The molecule has 0 saturated carbocycles. The highest BCUT2D eigenvalue weighted by Crippen LogP contribution is 2.38. The van der Waals surface area contributed by atoms with Crippen molar-refractivity contribution >= 4 is 43.8 Å². The van der Waals surface area contributed by atoms with Crippen molar-refractivity contribution < 1.29 is 0 Å². The average molecular weight is 367 g/mol. The molecule has 1 N–H and O–H groups in total. The van der Waals surface area contributed by atoms with Crippen LogP contribution in [-0.4, -0.2) is 9.97 Å². The Hall–Kier alpha value is -3.24. The summed E-state index contributed by atoms with van der Waals surface area (Å²) in [6, 6.07) is 23.2. The Kier molecular flexibility index (Phi) is 3.84. The first-order valence-electron chi connectivity index (χ1n) is 8.83. The van der Waals surface area contributed by atoms with Gasteiger partial charge >= 0.3 is 0 Å². The van der Waals surface area contributed by atoms with Gasteiger partial charge in [-0.15, -0.1) is 11.3 Å². The minimum atomic E-state index is 0.841. The molecular weight excluding hydrogens is 350 g/mol. The molecule has 4 heteroatoms. The topological polar surface area (TPSA) is 37.8 Å². The predicted molar refractivity (Wildman–Crippen MR) is 115 cm³/mol. The number of aromatic nitrogens is 2. The molecule has 2 aromatic heterocycles. The molecule has 0 aliphatic carbocycles. The lowest BCUT2D eigenvalue weighted by Crippen LogP contribution is -1.96. The second-order valence-corrected chi connectivity index (χ2v) is 7.43. The fourth-order valence-corrected chi connectivity index (χ4v) is 4.29. The number of rotatable bonds is 3. The lowest BCUT2D eigenvalue weighted by atomic mass is 10.0. The van der Waals surface area contributed by atoms with Crippen LogP contribution in [0.5, 0.6) is 0 Å². The molecule has 0 atom stereocenters. The summed E-state index contributed by atoms with van der Waals surface area (Å²) in [5.41, 5.74) is 4.65. The molecule has 0 fully saturated rings. The van der Waals surface area contributed by atoms with Crippen LogP contribution in [0.1, 0.15) is 5.56 Å². The molecule has 2 heterocycles. The molecule has 0 saturated heterocycles. The summed E-state index contributed by atoms with van der Waals surface area (Å²) in [5, 5.41) is 9.17. The number of fused-ring (bicyclic) bond motifs is 2. The van der Waals surface area contributed by atoms with Crippen LogP contribution in [-0.2, 0) is 0 Å². The lowest BCUT2D eigenvalue weighted by molar-refractivity contribution is 1.23. The molecule has 0 bridgehead atoms. The van der Waals surface area contributed by atoms with Crippen LogP contribution in [0.2, 0.25) is 0 Å². The molecule has 0 aliphatic rings. The summed E-state index contributed by atoms with van der Waals surface area (Å²) in [6.07, 6.45) is 1.63. The number of thiophene rings is 1. The number of nitrogens with zero attached hydrogens (tertiary/aromatic N) is 2. The molecule has 0 radical (unpaired) electrons. The van der Waals surface area contributed by atoms with E-state index in [9.17, 15) is 0 Å².